The molecule has 110 valence electrons. The Balaban J connectivity index is 2.48. The topological polar surface area (TPSA) is 87.0 Å². The van der Waals surface area contributed by atoms with E-state index in [4.69, 9.17) is 5.11 Å². The second-order valence-electron chi connectivity index (χ2n) is 4.11. The van der Waals surface area contributed by atoms with Gasteiger partial charge in [-0.25, -0.2) is 4.79 Å². The van der Waals surface area contributed by atoms with Crippen LogP contribution in [0.1, 0.15) is 12.0 Å². The van der Waals surface area contributed by atoms with E-state index in [0.29, 0.717) is 11.1 Å². The summed E-state index contributed by atoms with van der Waals surface area (Å²) in [5.41, 5.74) is -2.18. The minimum absolute atomic E-state index is 0.263. The molecule has 1 aliphatic rings. The lowest BCUT2D eigenvalue weighted by molar-refractivity contribution is -0.138. The number of carboxylic acids is 1. The molecule has 0 aromatic heterocycles. The number of rotatable bonds is 2. The fraction of sp³-hybridized carbons (Fsp3) is 0.167. The SMILES string of the molecule is O=C(O)C1=NN(c2cccc(C(F)(F)F)c2)C(=O)CC1=O. The van der Waals surface area contributed by atoms with Crippen LogP contribution in [-0.2, 0) is 20.6 Å². The summed E-state index contributed by atoms with van der Waals surface area (Å²) in [6.45, 7) is 0. The minimum Gasteiger partial charge on any atom is -0.476 e. The number of ketones is 1. The number of anilines is 1. The normalized spacial score (nSPS) is 16.0. The lowest BCUT2D eigenvalue weighted by Crippen LogP contribution is -2.40. The van der Waals surface area contributed by atoms with Gasteiger partial charge in [-0.1, -0.05) is 6.07 Å². The van der Waals surface area contributed by atoms with Gasteiger partial charge >= 0.3 is 12.1 Å². The van der Waals surface area contributed by atoms with Crippen molar-refractivity contribution in [2.45, 2.75) is 12.6 Å². The highest BCUT2D eigenvalue weighted by atomic mass is 19.4. The van der Waals surface area contributed by atoms with E-state index in [2.05, 4.69) is 5.10 Å². The smallest absolute Gasteiger partial charge is 0.416 e. The number of carboxylic acid groups (broad SMARTS) is 1. The van der Waals surface area contributed by atoms with Crippen LogP contribution in [0.3, 0.4) is 0 Å². The lowest BCUT2D eigenvalue weighted by atomic mass is 10.1. The minimum atomic E-state index is -4.62. The molecule has 1 aliphatic heterocycles. The van der Waals surface area contributed by atoms with E-state index in [1.807, 2.05) is 0 Å². The third-order valence-corrected chi connectivity index (χ3v) is 2.63. The maximum absolute atomic E-state index is 12.6. The number of hydrogen-bond acceptors (Lipinski definition) is 4. The van der Waals surface area contributed by atoms with Gasteiger partial charge in [0.1, 0.15) is 0 Å². The van der Waals surface area contributed by atoms with Crippen LogP contribution in [0.2, 0.25) is 0 Å². The number of alkyl halides is 3. The van der Waals surface area contributed by atoms with Crippen LogP contribution >= 0.6 is 0 Å². The van der Waals surface area contributed by atoms with Crippen LogP contribution in [0.4, 0.5) is 18.9 Å². The molecule has 2 rings (SSSR count). The van der Waals surface area contributed by atoms with E-state index >= 15 is 0 Å². The van der Waals surface area contributed by atoms with Gasteiger partial charge in [0.25, 0.3) is 5.91 Å². The number of hydrogen-bond donors (Lipinski definition) is 1. The molecule has 0 spiro atoms. The standard InChI is InChI=1S/C12H7F3N2O4/c13-12(14,15)6-2-1-3-7(4-6)17-9(19)5-8(18)10(16-17)11(20)21/h1-4H,5H2,(H,20,21). The van der Waals surface area contributed by atoms with Crippen LogP contribution in [0.15, 0.2) is 29.4 Å². The predicted octanol–water partition coefficient (Wildman–Crippen LogP) is 1.45. The number of nitrogens with zero attached hydrogens (tertiary/aromatic N) is 2. The quantitative estimate of drug-likeness (QED) is 0.837. The molecule has 6 nitrogen and oxygen atoms in total. The highest BCUT2D eigenvalue weighted by Crippen LogP contribution is 2.32. The Labute approximate surface area is 115 Å². The van der Waals surface area contributed by atoms with E-state index < -0.39 is 41.5 Å². The Morgan fingerprint density at radius 2 is 1.95 bits per heavy atom. The van der Waals surface area contributed by atoms with Gasteiger partial charge in [-0.15, -0.1) is 0 Å². The van der Waals surface area contributed by atoms with E-state index in [0.717, 1.165) is 18.2 Å². The Bertz CT molecular complexity index is 667. The summed E-state index contributed by atoms with van der Waals surface area (Å²) in [6, 6.07) is 3.66. The maximum Gasteiger partial charge on any atom is 0.416 e. The van der Waals surface area contributed by atoms with Crippen LogP contribution in [0.25, 0.3) is 0 Å². The van der Waals surface area contributed by atoms with Gasteiger partial charge in [-0.3, -0.25) is 9.59 Å². The molecule has 0 fully saturated rings. The number of hydrazone groups is 1. The largest absolute Gasteiger partial charge is 0.476 e. The Hall–Kier alpha value is -2.71. The molecule has 1 amide bonds. The summed E-state index contributed by atoms with van der Waals surface area (Å²) < 4.78 is 37.8. The van der Waals surface area contributed by atoms with Gasteiger partial charge in [0.2, 0.25) is 5.71 Å². The molecule has 1 aromatic carbocycles. The van der Waals surface area contributed by atoms with Crippen molar-refractivity contribution in [3.05, 3.63) is 29.8 Å². The summed E-state index contributed by atoms with van der Waals surface area (Å²) in [6.07, 6.45) is -5.38. The zero-order valence-corrected chi connectivity index (χ0v) is 10.2. The average Bonchev–Trinajstić information content (AvgIpc) is 2.37. The van der Waals surface area contributed by atoms with Crippen molar-refractivity contribution in [1.29, 1.82) is 0 Å². The van der Waals surface area contributed by atoms with Gasteiger partial charge in [0.15, 0.2) is 5.78 Å². The molecule has 9 heteroatoms. The Kier molecular flexibility index (Phi) is 3.50. The van der Waals surface area contributed by atoms with E-state index in [-0.39, 0.29) is 5.69 Å². The first-order valence-electron chi connectivity index (χ1n) is 5.55. The second-order valence-corrected chi connectivity index (χ2v) is 4.11. The number of amides is 1. The summed E-state index contributed by atoms with van der Waals surface area (Å²) in [4.78, 5) is 33.8. The van der Waals surface area contributed by atoms with Crippen LogP contribution < -0.4 is 5.01 Å². The monoisotopic (exact) mass is 300 g/mol. The molecule has 0 unspecified atom stereocenters. The number of carbonyl (C=O) groups is 3. The fourth-order valence-electron chi connectivity index (χ4n) is 1.69. The van der Waals surface area contributed by atoms with Gasteiger partial charge in [0, 0.05) is 0 Å². The summed E-state index contributed by atoms with van der Waals surface area (Å²) in [5, 5.41) is 12.6. The molecule has 0 aliphatic carbocycles. The number of aliphatic carboxylic acids is 1. The number of carbonyl (C=O) groups excluding carboxylic acids is 2. The molecular weight excluding hydrogens is 293 g/mol. The third-order valence-electron chi connectivity index (χ3n) is 2.63. The molecule has 0 bridgehead atoms. The zero-order valence-electron chi connectivity index (χ0n) is 10.2. The first-order chi connectivity index (χ1) is 9.70. The Morgan fingerprint density at radius 1 is 1.29 bits per heavy atom. The molecule has 1 heterocycles. The van der Waals surface area contributed by atoms with Crippen molar-refractivity contribution in [1.82, 2.24) is 0 Å². The molecular formula is C12H7F3N2O4. The second kappa shape index (κ2) is 5.00. The third kappa shape index (κ3) is 2.91. The van der Waals surface area contributed by atoms with Crippen LogP contribution in [0.5, 0.6) is 0 Å². The van der Waals surface area contributed by atoms with E-state index in [1.165, 1.54) is 0 Å². The fourth-order valence-corrected chi connectivity index (χ4v) is 1.69. The van der Waals surface area contributed by atoms with Gasteiger partial charge in [0.05, 0.1) is 17.7 Å². The van der Waals surface area contributed by atoms with E-state index in [9.17, 15) is 27.6 Å². The van der Waals surface area contributed by atoms with Gasteiger partial charge in [-0.2, -0.15) is 23.3 Å². The molecule has 0 radical (unpaired) electrons. The van der Waals surface area contributed by atoms with E-state index in [1.54, 1.807) is 0 Å². The molecule has 0 atom stereocenters. The summed E-state index contributed by atoms with van der Waals surface area (Å²) in [7, 11) is 0. The average molecular weight is 300 g/mol. The van der Waals surface area contributed by atoms with Crippen molar-refractivity contribution in [3.63, 3.8) is 0 Å². The Morgan fingerprint density at radius 3 is 2.52 bits per heavy atom. The lowest BCUT2D eigenvalue weighted by Gasteiger charge is -2.22. The number of halogens is 3. The van der Waals surface area contributed by atoms with Crippen LogP contribution in [-0.4, -0.2) is 28.5 Å². The maximum atomic E-state index is 12.6. The van der Waals surface area contributed by atoms with Crippen molar-refractivity contribution in [2.24, 2.45) is 5.10 Å². The first-order valence-corrected chi connectivity index (χ1v) is 5.55. The van der Waals surface area contributed by atoms with Crippen molar-refractivity contribution < 1.29 is 32.7 Å². The molecule has 1 aromatic rings. The predicted molar refractivity (Wildman–Crippen MR) is 63.6 cm³/mol. The van der Waals surface area contributed by atoms with Gasteiger partial charge < -0.3 is 5.11 Å². The molecule has 0 saturated carbocycles. The van der Waals surface area contributed by atoms with Crippen molar-refractivity contribution >= 4 is 29.1 Å². The highest BCUT2D eigenvalue weighted by Gasteiger charge is 2.34. The summed E-state index contributed by atoms with van der Waals surface area (Å²) in [5.74, 6) is -3.54. The number of Topliss-reactive ketones (excluding diaryl/α,β-unsaturated/α-hetero) is 1. The number of benzene rings is 1. The first kappa shape index (κ1) is 14.7. The molecule has 21 heavy (non-hydrogen) atoms. The van der Waals surface area contributed by atoms with Crippen molar-refractivity contribution in [2.75, 3.05) is 5.01 Å². The molecule has 1 N–H and O–H groups in total. The van der Waals surface area contributed by atoms with Crippen LogP contribution in [0, 0.1) is 0 Å². The van der Waals surface area contributed by atoms with Crippen molar-refractivity contribution in [3.8, 4) is 0 Å². The molecule has 0 saturated heterocycles. The highest BCUT2D eigenvalue weighted by molar-refractivity contribution is 6.66. The zero-order chi connectivity index (χ0) is 15.8. The summed E-state index contributed by atoms with van der Waals surface area (Å²) >= 11 is 0. The van der Waals surface area contributed by atoms with Gasteiger partial charge in [-0.05, 0) is 18.2 Å².